The van der Waals surface area contributed by atoms with Crippen LogP contribution in [0.15, 0.2) is 65.8 Å². The first kappa shape index (κ1) is 27.4. The zero-order valence-electron chi connectivity index (χ0n) is 27.0. The summed E-state index contributed by atoms with van der Waals surface area (Å²) in [7, 11) is 0. The molecule has 0 N–H and O–H groups in total. The van der Waals surface area contributed by atoms with Crippen molar-refractivity contribution in [2.45, 2.75) is 97.1 Å². The molecular formula is C39H41N3O2. The zero-order chi connectivity index (χ0) is 30.6. The third kappa shape index (κ3) is 3.84. The van der Waals surface area contributed by atoms with Gasteiger partial charge in [0.05, 0.1) is 11.0 Å². The minimum atomic E-state index is -0.264. The van der Waals surface area contributed by atoms with Crippen LogP contribution in [0.3, 0.4) is 0 Å². The van der Waals surface area contributed by atoms with Crippen LogP contribution in [0.4, 0.5) is 0 Å². The number of aliphatic imine (C=N–C) groups is 1. The molecule has 224 valence electrons. The third-order valence-electron chi connectivity index (χ3n) is 10.8. The maximum atomic E-state index is 6.74. The zero-order valence-corrected chi connectivity index (χ0v) is 27.0. The van der Waals surface area contributed by atoms with Gasteiger partial charge < -0.3 is 9.47 Å². The molecule has 1 saturated carbocycles. The second-order valence-electron chi connectivity index (χ2n) is 14.4. The number of fused-ring (bicyclic) bond motifs is 6. The van der Waals surface area contributed by atoms with Crippen LogP contribution in [0.5, 0.6) is 11.5 Å². The molecule has 1 fully saturated rings. The molecule has 0 spiro atoms. The summed E-state index contributed by atoms with van der Waals surface area (Å²) in [6.45, 7) is 15.6. The molecule has 2 atom stereocenters. The van der Waals surface area contributed by atoms with Crippen molar-refractivity contribution in [3.05, 3.63) is 94.2 Å². The van der Waals surface area contributed by atoms with Gasteiger partial charge in [0.2, 0.25) is 5.90 Å². The highest BCUT2D eigenvalue weighted by Crippen LogP contribution is 2.49. The molecule has 5 heteroatoms. The molecule has 8 rings (SSSR count). The van der Waals surface area contributed by atoms with E-state index in [9.17, 15) is 0 Å². The summed E-state index contributed by atoms with van der Waals surface area (Å²) in [5.74, 6) is 3.37. The number of hydrogen-bond acceptors (Lipinski definition) is 4. The Kier molecular flexibility index (Phi) is 5.73. The van der Waals surface area contributed by atoms with Gasteiger partial charge >= 0.3 is 0 Å². The van der Waals surface area contributed by atoms with E-state index in [0.29, 0.717) is 0 Å². The van der Waals surface area contributed by atoms with Gasteiger partial charge in [-0.15, -0.1) is 0 Å². The fourth-order valence-corrected chi connectivity index (χ4v) is 8.06. The van der Waals surface area contributed by atoms with E-state index in [0.717, 1.165) is 58.3 Å². The molecule has 2 aliphatic heterocycles. The lowest BCUT2D eigenvalue weighted by molar-refractivity contribution is 0.0278. The number of rotatable bonds is 3. The molecule has 0 radical (unpaired) electrons. The van der Waals surface area contributed by atoms with Crippen molar-refractivity contribution >= 4 is 27.7 Å². The number of pyridine rings is 1. The molecule has 0 amide bonds. The summed E-state index contributed by atoms with van der Waals surface area (Å²) in [6.07, 6.45) is 7.64. The molecule has 44 heavy (non-hydrogen) atoms. The number of nitrogens with zero attached hydrogens (tertiary/aromatic N) is 3. The second-order valence-corrected chi connectivity index (χ2v) is 14.4. The number of hydrogen-bond donors (Lipinski definition) is 0. The summed E-state index contributed by atoms with van der Waals surface area (Å²) < 4.78 is 15.8. The molecular weight excluding hydrogens is 542 g/mol. The lowest BCUT2D eigenvalue weighted by Gasteiger charge is -2.36. The van der Waals surface area contributed by atoms with Gasteiger partial charge in [0.1, 0.15) is 28.5 Å². The molecule has 0 unspecified atom stereocenters. The van der Waals surface area contributed by atoms with Crippen LogP contribution in [0, 0.1) is 20.8 Å². The van der Waals surface area contributed by atoms with E-state index < -0.39 is 0 Å². The maximum Gasteiger partial charge on any atom is 0.217 e. The number of ether oxygens (including phenoxy) is 2. The van der Waals surface area contributed by atoms with E-state index in [2.05, 4.69) is 102 Å². The van der Waals surface area contributed by atoms with Crippen LogP contribution in [0.2, 0.25) is 0 Å². The molecule has 5 nitrogen and oxygen atoms in total. The van der Waals surface area contributed by atoms with Crippen molar-refractivity contribution < 1.29 is 9.47 Å². The van der Waals surface area contributed by atoms with E-state index in [1.807, 2.05) is 12.3 Å². The first-order valence-electron chi connectivity index (χ1n) is 16.1. The number of benzene rings is 3. The molecule has 2 aromatic heterocycles. The van der Waals surface area contributed by atoms with Crippen LogP contribution in [-0.2, 0) is 10.2 Å². The summed E-state index contributed by atoms with van der Waals surface area (Å²) in [6, 6.07) is 19.8. The van der Waals surface area contributed by atoms with E-state index in [4.69, 9.17) is 19.5 Å². The molecule has 0 bridgehead atoms. The van der Waals surface area contributed by atoms with Crippen molar-refractivity contribution in [1.29, 1.82) is 0 Å². The fourth-order valence-electron chi connectivity index (χ4n) is 8.06. The summed E-state index contributed by atoms with van der Waals surface area (Å²) >= 11 is 0. The molecule has 3 aromatic carbocycles. The second kappa shape index (κ2) is 9.20. The predicted molar refractivity (Wildman–Crippen MR) is 179 cm³/mol. The summed E-state index contributed by atoms with van der Waals surface area (Å²) in [4.78, 5) is 10.2. The smallest absolute Gasteiger partial charge is 0.217 e. The number of aromatic nitrogens is 2. The average Bonchev–Trinajstić information content (AvgIpc) is 3.36. The maximum absolute atomic E-state index is 6.74. The van der Waals surface area contributed by atoms with Gasteiger partial charge in [-0.3, -0.25) is 4.57 Å². The van der Waals surface area contributed by atoms with E-state index >= 15 is 0 Å². The van der Waals surface area contributed by atoms with Gasteiger partial charge in [-0.1, -0.05) is 44.4 Å². The lowest BCUT2D eigenvalue weighted by Crippen LogP contribution is -2.45. The normalized spacial score (nSPS) is 23.6. The highest BCUT2D eigenvalue weighted by atomic mass is 16.5. The Morgan fingerprint density at radius 3 is 2.45 bits per heavy atom. The van der Waals surface area contributed by atoms with Crippen molar-refractivity contribution in [2.24, 2.45) is 4.99 Å². The van der Waals surface area contributed by atoms with Crippen LogP contribution in [0.1, 0.15) is 93.2 Å². The van der Waals surface area contributed by atoms with E-state index in [-0.39, 0.29) is 16.6 Å². The first-order chi connectivity index (χ1) is 21.0. The van der Waals surface area contributed by atoms with Crippen molar-refractivity contribution in [3.8, 4) is 17.3 Å². The van der Waals surface area contributed by atoms with Crippen LogP contribution in [-0.4, -0.2) is 26.6 Å². The Morgan fingerprint density at radius 2 is 1.61 bits per heavy atom. The van der Waals surface area contributed by atoms with Crippen molar-refractivity contribution in [2.75, 3.05) is 0 Å². The largest absolute Gasteiger partial charge is 0.469 e. The highest BCUT2D eigenvalue weighted by Gasteiger charge is 2.52. The highest BCUT2D eigenvalue weighted by molar-refractivity contribution is 6.12. The quantitative estimate of drug-likeness (QED) is 0.212. The number of aryl methyl sites for hydroxylation is 3. The standard InChI is InChI=1S/C39H41N3O2/c1-23-16-26(36-41-38(6)13-9-8-10-14-39(38,7)44-36)21-27(17-23)43-33-22-32-28(20-25(33)3)29-18-24(2)19-31-34(29)42(32)35-30(37(31,4)5)12-11-15-40-35/h11-12,15-22H,8-10,13-14H2,1-7H3/t38-,39+/m1/s1. The summed E-state index contributed by atoms with van der Waals surface area (Å²) in [5, 5.41) is 2.49. The molecule has 5 aromatic rings. The van der Waals surface area contributed by atoms with Gasteiger partial charge in [-0.05, 0) is 107 Å². The Bertz CT molecular complexity index is 2050. The molecule has 4 heterocycles. The van der Waals surface area contributed by atoms with Gasteiger partial charge in [-0.25, -0.2) is 9.98 Å². The first-order valence-corrected chi connectivity index (χ1v) is 16.1. The van der Waals surface area contributed by atoms with Crippen molar-refractivity contribution in [1.82, 2.24) is 9.55 Å². The molecule has 0 saturated heterocycles. The van der Waals surface area contributed by atoms with Gasteiger partial charge in [0.15, 0.2) is 0 Å². The minimum absolute atomic E-state index is 0.152. The van der Waals surface area contributed by atoms with Gasteiger partial charge in [0.25, 0.3) is 0 Å². The Balaban J connectivity index is 1.25. The third-order valence-corrected chi connectivity index (χ3v) is 10.8. The van der Waals surface area contributed by atoms with Crippen LogP contribution < -0.4 is 4.74 Å². The predicted octanol–water partition coefficient (Wildman–Crippen LogP) is 9.79. The van der Waals surface area contributed by atoms with E-state index in [1.54, 1.807) is 0 Å². The van der Waals surface area contributed by atoms with E-state index in [1.165, 1.54) is 52.2 Å². The molecule has 3 aliphatic rings. The van der Waals surface area contributed by atoms with Gasteiger partial charge in [0, 0.05) is 39.6 Å². The lowest BCUT2D eigenvalue weighted by atomic mass is 9.75. The fraction of sp³-hybridized carbons (Fsp3) is 0.385. The van der Waals surface area contributed by atoms with Crippen LogP contribution in [0.25, 0.3) is 27.6 Å². The monoisotopic (exact) mass is 583 g/mol. The average molecular weight is 584 g/mol. The van der Waals surface area contributed by atoms with Gasteiger partial charge in [-0.2, -0.15) is 0 Å². The summed E-state index contributed by atoms with van der Waals surface area (Å²) in [5.41, 5.74) is 8.79. The van der Waals surface area contributed by atoms with Crippen molar-refractivity contribution in [3.63, 3.8) is 0 Å². The molecule has 1 aliphatic carbocycles. The van der Waals surface area contributed by atoms with Crippen LogP contribution >= 0.6 is 0 Å². The Hall–Kier alpha value is -4.12. The Morgan fingerprint density at radius 1 is 0.818 bits per heavy atom. The minimum Gasteiger partial charge on any atom is -0.469 e. The SMILES string of the molecule is Cc1cc(Oc2cc3c(cc2C)c2cc(C)cc4c2n3-c2ncccc2C4(C)C)cc(C2=N[C@]3(C)CCCCC[C@]3(C)O2)c1. The topological polar surface area (TPSA) is 48.6 Å². The Labute approximate surface area is 259 Å².